The molecule has 5 nitrogen and oxygen atoms in total. The maximum absolute atomic E-state index is 13.8. The summed E-state index contributed by atoms with van der Waals surface area (Å²) < 4.78 is 27.5. The van der Waals surface area contributed by atoms with Gasteiger partial charge in [0.2, 0.25) is 0 Å². The van der Waals surface area contributed by atoms with E-state index in [1.807, 2.05) is 30.3 Å². The van der Waals surface area contributed by atoms with Crippen molar-refractivity contribution in [3.63, 3.8) is 0 Å². The quantitative estimate of drug-likeness (QED) is 0.734. The summed E-state index contributed by atoms with van der Waals surface area (Å²) in [6.45, 7) is 0.181. The zero-order chi connectivity index (χ0) is 19.5. The first kappa shape index (κ1) is 18.0. The molecule has 1 aliphatic rings. The molecule has 0 spiro atoms. The van der Waals surface area contributed by atoms with E-state index in [4.69, 9.17) is 4.84 Å². The molecule has 0 saturated heterocycles. The SMILES string of the molecule is O=C(NCC1=NOC(Cc2c(F)cccc2F)C1)c1nccc2ccccc12. The zero-order valence-electron chi connectivity index (χ0n) is 14.9. The number of hydrogen-bond donors (Lipinski definition) is 1. The van der Waals surface area contributed by atoms with Crippen molar-refractivity contribution < 1.29 is 18.4 Å². The van der Waals surface area contributed by atoms with Crippen molar-refractivity contribution in [1.29, 1.82) is 0 Å². The monoisotopic (exact) mass is 381 g/mol. The lowest BCUT2D eigenvalue weighted by molar-refractivity contribution is 0.0845. The summed E-state index contributed by atoms with van der Waals surface area (Å²) in [5.74, 6) is -1.53. The Morgan fingerprint density at radius 2 is 1.89 bits per heavy atom. The van der Waals surface area contributed by atoms with Crippen molar-refractivity contribution in [2.45, 2.75) is 18.9 Å². The molecule has 2 aromatic carbocycles. The number of carbonyl (C=O) groups excluding carboxylic acids is 1. The van der Waals surface area contributed by atoms with E-state index in [1.165, 1.54) is 18.2 Å². The maximum atomic E-state index is 13.8. The Bertz CT molecular complexity index is 1040. The molecule has 1 unspecified atom stereocenters. The molecule has 1 aliphatic heterocycles. The van der Waals surface area contributed by atoms with Crippen LogP contribution >= 0.6 is 0 Å². The predicted octanol–water partition coefficient (Wildman–Crippen LogP) is 3.63. The van der Waals surface area contributed by atoms with Crippen LogP contribution in [0.4, 0.5) is 8.78 Å². The minimum Gasteiger partial charge on any atom is -0.392 e. The van der Waals surface area contributed by atoms with Crippen LogP contribution < -0.4 is 5.32 Å². The lowest BCUT2D eigenvalue weighted by atomic mass is 10.0. The van der Waals surface area contributed by atoms with E-state index in [9.17, 15) is 13.6 Å². The van der Waals surface area contributed by atoms with E-state index in [1.54, 1.807) is 6.20 Å². The maximum Gasteiger partial charge on any atom is 0.270 e. The molecule has 1 amide bonds. The number of carbonyl (C=O) groups is 1. The summed E-state index contributed by atoms with van der Waals surface area (Å²) in [4.78, 5) is 22.0. The number of aromatic nitrogens is 1. The average Bonchev–Trinajstić information content (AvgIpc) is 3.16. The van der Waals surface area contributed by atoms with E-state index in [0.717, 1.165) is 10.8 Å². The van der Waals surface area contributed by atoms with Crippen LogP contribution in [0.15, 0.2) is 59.9 Å². The summed E-state index contributed by atoms with van der Waals surface area (Å²) in [5, 5.41) is 8.41. The second kappa shape index (κ2) is 7.72. The second-order valence-electron chi connectivity index (χ2n) is 6.56. The number of rotatable bonds is 5. The van der Waals surface area contributed by atoms with Crippen LogP contribution in [0.25, 0.3) is 10.8 Å². The summed E-state index contributed by atoms with van der Waals surface area (Å²) in [7, 11) is 0. The molecule has 7 heteroatoms. The summed E-state index contributed by atoms with van der Waals surface area (Å²) >= 11 is 0. The molecule has 1 N–H and O–H groups in total. The Kier molecular flexibility index (Phi) is 4.97. The van der Waals surface area contributed by atoms with Gasteiger partial charge in [-0.1, -0.05) is 35.5 Å². The largest absolute Gasteiger partial charge is 0.392 e. The van der Waals surface area contributed by atoms with Crippen molar-refractivity contribution in [2.75, 3.05) is 6.54 Å². The van der Waals surface area contributed by atoms with Gasteiger partial charge in [0.05, 0.1) is 12.3 Å². The van der Waals surface area contributed by atoms with E-state index >= 15 is 0 Å². The fourth-order valence-electron chi connectivity index (χ4n) is 3.22. The van der Waals surface area contributed by atoms with Gasteiger partial charge in [-0.2, -0.15) is 0 Å². The highest BCUT2D eigenvalue weighted by molar-refractivity contribution is 6.06. The minimum atomic E-state index is -0.604. The first-order chi connectivity index (χ1) is 13.6. The molecule has 0 aliphatic carbocycles. The molecule has 0 radical (unpaired) electrons. The fourth-order valence-corrected chi connectivity index (χ4v) is 3.22. The van der Waals surface area contributed by atoms with Gasteiger partial charge in [-0.05, 0) is 23.6 Å². The number of fused-ring (bicyclic) bond motifs is 1. The van der Waals surface area contributed by atoms with Crippen LogP contribution in [-0.2, 0) is 11.3 Å². The van der Waals surface area contributed by atoms with Crippen LogP contribution in [-0.4, -0.2) is 29.3 Å². The number of oxime groups is 1. The molecule has 1 atom stereocenters. The standard InChI is InChI=1S/C21H17F2N3O2/c22-18-6-3-7-19(23)17(18)11-15-10-14(26-28-15)12-25-21(27)20-16-5-2-1-4-13(16)8-9-24-20/h1-9,15H,10-12H2,(H,25,27). The molecular weight excluding hydrogens is 364 g/mol. The average molecular weight is 381 g/mol. The van der Waals surface area contributed by atoms with Crippen molar-refractivity contribution in [3.05, 3.63) is 77.6 Å². The number of nitrogens with zero attached hydrogens (tertiary/aromatic N) is 2. The van der Waals surface area contributed by atoms with Crippen LogP contribution in [0.5, 0.6) is 0 Å². The van der Waals surface area contributed by atoms with E-state index in [2.05, 4.69) is 15.5 Å². The van der Waals surface area contributed by atoms with Crippen LogP contribution in [0, 0.1) is 11.6 Å². The first-order valence-corrected chi connectivity index (χ1v) is 8.88. The zero-order valence-corrected chi connectivity index (χ0v) is 14.9. The molecule has 142 valence electrons. The van der Waals surface area contributed by atoms with Gasteiger partial charge in [0, 0.05) is 30.0 Å². The smallest absolute Gasteiger partial charge is 0.270 e. The Labute approximate surface area is 160 Å². The van der Waals surface area contributed by atoms with E-state index in [-0.39, 0.29) is 24.4 Å². The normalized spacial score (nSPS) is 15.9. The minimum absolute atomic E-state index is 0.0204. The highest BCUT2D eigenvalue weighted by atomic mass is 19.1. The topological polar surface area (TPSA) is 63.6 Å². The van der Waals surface area contributed by atoms with Gasteiger partial charge >= 0.3 is 0 Å². The second-order valence-corrected chi connectivity index (χ2v) is 6.56. The molecule has 28 heavy (non-hydrogen) atoms. The molecule has 0 fully saturated rings. The Morgan fingerprint density at radius 1 is 1.11 bits per heavy atom. The van der Waals surface area contributed by atoms with Gasteiger partial charge in [0.25, 0.3) is 5.91 Å². The van der Waals surface area contributed by atoms with Gasteiger partial charge in [-0.25, -0.2) is 8.78 Å². The van der Waals surface area contributed by atoms with E-state index in [0.29, 0.717) is 17.8 Å². The molecule has 2 heterocycles. The molecule has 0 saturated carbocycles. The lowest BCUT2D eigenvalue weighted by Crippen LogP contribution is -2.30. The Hall–Kier alpha value is -3.35. The van der Waals surface area contributed by atoms with E-state index < -0.39 is 17.7 Å². The summed E-state index contributed by atoms with van der Waals surface area (Å²) in [5.41, 5.74) is 0.922. The van der Waals surface area contributed by atoms with Crippen LogP contribution in [0.1, 0.15) is 22.5 Å². The number of amides is 1. The third-order valence-corrected chi connectivity index (χ3v) is 4.63. The molecule has 3 aromatic rings. The summed E-state index contributed by atoms with van der Waals surface area (Å²) in [6.07, 6.45) is 1.59. The Morgan fingerprint density at radius 3 is 2.71 bits per heavy atom. The predicted molar refractivity (Wildman–Crippen MR) is 101 cm³/mol. The summed E-state index contributed by atoms with van der Waals surface area (Å²) in [6, 6.07) is 13.1. The van der Waals surface area contributed by atoms with Gasteiger partial charge < -0.3 is 10.2 Å². The Balaban J connectivity index is 1.36. The van der Waals surface area contributed by atoms with Gasteiger partial charge in [0.1, 0.15) is 23.4 Å². The number of halogens is 2. The first-order valence-electron chi connectivity index (χ1n) is 8.88. The van der Waals surface area contributed by atoms with Gasteiger partial charge in [0.15, 0.2) is 0 Å². The lowest BCUT2D eigenvalue weighted by Gasteiger charge is -2.10. The third kappa shape index (κ3) is 3.69. The number of nitrogens with one attached hydrogen (secondary N) is 1. The highest BCUT2D eigenvalue weighted by Crippen LogP contribution is 2.20. The number of pyridine rings is 1. The number of hydrogen-bond acceptors (Lipinski definition) is 4. The van der Waals surface area contributed by atoms with Crippen LogP contribution in [0.3, 0.4) is 0 Å². The van der Waals surface area contributed by atoms with Crippen molar-refractivity contribution in [1.82, 2.24) is 10.3 Å². The fraction of sp³-hybridized carbons (Fsp3) is 0.190. The highest BCUT2D eigenvalue weighted by Gasteiger charge is 2.24. The van der Waals surface area contributed by atoms with Crippen molar-refractivity contribution in [3.8, 4) is 0 Å². The molecule has 4 rings (SSSR count). The molecule has 0 bridgehead atoms. The van der Waals surface area contributed by atoms with Crippen LogP contribution in [0.2, 0.25) is 0 Å². The number of benzene rings is 2. The van der Waals surface area contributed by atoms with Gasteiger partial charge in [-0.3, -0.25) is 9.78 Å². The van der Waals surface area contributed by atoms with Gasteiger partial charge in [-0.15, -0.1) is 0 Å². The molecular formula is C21H17F2N3O2. The van der Waals surface area contributed by atoms with Crippen molar-refractivity contribution in [2.24, 2.45) is 5.16 Å². The third-order valence-electron chi connectivity index (χ3n) is 4.63. The van der Waals surface area contributed by atoms with Crippen molar-refractivity contribution >= 4 is 22.4 Å². The molecule has 1 aromatic heterocycles.